The van der Waals surface area contributed by atoms with Crippen LogP contribution in [0.15, 0.2) is 0 Å². The van der Waals surface area contributed by atoms with Gasteiger partial charge < -0.3 is 11.5 Å². The quantitative estimate of drug-likeness (QED) is 0.513. The summed E-state index contributed by atoms with van der Waals surface area (Å²) in [6.45, 7) is 1.21. The van der Waals surface area contributed by atoms with Crippen molar-refractivity contribution < 1.29 is 4.79 Å². The fraction of sp³-hybridized carbons (Fsp3) is 0.833. The maximum absolute atomic E-state index is 10.4. The molecule has 10 heavy (non-hydrogen) atoms. The van der Waals surface area contributed by atoms with Crippen LogP contribution in [-0.4, -0.2) is 30.1 Å². The van der Waals surface area contributed by atoms with Gasteiger partial charge in [0.2, 0.25) is 5.91 Å². The molecule has 0 saturated carbocycles. The highest BCUT2D eigenvalue weighted by molar-refractivity contribution is 5.75. The Bertz CT molecular complexity index is 137. The van der Waals surface area contributed by atoms with Gasteiger partial charge in [-0.05, 0) is 12.8 Å². The molecule has 4 N–H and O–H groups in total. The van der Waals surface area contributed by atoms with E-state index in [2.05, 4.69) is 0 Å². The Labute approximate surface area is 60.2 Å². The molecule has 1 unspecified atom stereocenters. The predicted molar refractivity (Wildman–Crippen MR) is 38.0 cm³/mol. The molecule has 0 aromatic rings. The van der Waals surface area contributed by atoms with Crippen LogP contribution in [0, 0.1) is 0 Å². The summed E-state index contributed by atoms with van der Waals surface area (Å²) in [5, 5.41) is 0. The van der Waals surface area contributed by atoms with Crippen molar-refractivity contribution in [3.8, 4) is 0 Å². The second-order valence-electron chi connectivity index (χ2n) is 2.65. The molecule has 1 aliphatic rings. The molecule has 1 amide bonds. The molecule has 4 nitrogen and oxygen atoms in total. The van der Waals surface area contributed by atoms with Crippen molar-refractivity contribution in [3.63, 3.8) is 0 Å². The third-order valence-electron chi connectivity index (χ3n) is 1.77. The van der Waals surface area contributed by atoms with Crippen molar-refractivity contribution in [2.24, 2.45) is 11.5 Å². The van der Waals surface area contributed by atoms with E-state index in [4.69, 9.17) is 11.5 Å². The molecule has 1 rings (SSSR count). The first-order valence-corrected chi connectivity index (χ1v) is 3.48. The standard InChI is InChI=1S/C6H13N3O/c7-5-2-1-3-9(5)4-6(8)10/h5H,1-4,7H2,(H2,8,10). The summed E-state index contributed by atoms with van der Waals surface area (Å²) >= 11 is 0. The van der Waals surface area contributed by atoms with Gasteiger partial charge in [-0.25, -0.2) is 0 Å². The minimum atomic E-state index is -0.294. The van der Waals surface area contributed by atoms with Crippen molar-refractivity contribution in [1.29, 1.82) is 0 Å². The second-order valence-corrected chi connectivity index (χ2v) is 2.65. The average molecular weight is 143 g/mol. The highest BCUT2D eigenvalue weighted by Crippen LogP contribution is 2.10. The Hall–Kier alpha value is -0.610. The van der Waals surface area contributed by atoms with E-state index >= 15 is 0 Å². The lowest BCUT2D eigenvalue weighted by Gasteiger charge is -2.17. The molecule has 1 fully saturated rings. The zero-order valence-corrected chi connectivity index (χ0v) is 5.92. The highest BCUT2D eigenvalue weighted by Gasteiger charge is 2.21. The van der Waals surface area contributed by atoms with Gasteiger partial charge in [-0.3, -0.25) is 9.69 Å². The second kappa shape index (κ2) is 2.98. The lowest BCUT2D eigenvalue weighted by molar-refractivity contribution is -0.119. The normalized spacial score (nSPS) is 27.1. The van der Waals surface area contributed by atoms with Crippen LogP contribution in [0.3, 0.4) is 0 Å². The number of amides is 1. The molecular formula is C6H13N3O. The Morgan fingerprint density at radius 1 is 1.70 bits per heavy atom. The minimum Gasteiger partial charge on any atom is -0.369 e. The van der Waals surface area contributed by atoms with Crippen LogP contribution >= 0.6 is 0 Å². The van der Waals surface area contributed by atoms with Gasteiger partial charge in [0.1, 0.15) is 0 Å². The average Bonchev–Trinajstić information content (AvgIpc) is 2.15. The molecule has 0 bridgehead atoms. The molecule has 0 aromatic carbocycles. The van der Waals surface area contributed by atoms with Crippen LogP contribution in [-0.2, 0) is 4.79 Å². The predicted octanol–water partition coefficient (Wildman–Crippen LogP) is -1.15. The fourth-order valence-corrected chi connectivity index (χ4v) is 1.25. The molecule has 4 heteroatoms. The maximum Gasteiger partial charge on any atom is 0.231 e. The molecular weight excluding hydrogens is 130 g/mol. The van der Waals surface area contributed by atoms with E-state index in [9.17, 15) is 4.79 Å². The van der Waals surface area contributed by atoms with Crippen LogP contribution in [0.1, 0.15) is 12.8 Å². The van der Waals surface area contributed by atoms with Gasteiger partial charge in [0.25, 0.3) is 0 Å². The number of hydrogen-bond acceptors (Lipinski definition) is 3. The van der Waals surface area contributed by atoms with Gasteiger partial charge in [0.15, 0.2) is 0 Å². The lowest BCUT2D eigenvalue weighted by atomic mass is 10.3. The number of carbonyl (C=O) groups excluding carboxylic acids is 1. The number of carbonyl (C=O) groups is 1. The Morgan fingerprint density at radius 2 is 2.40 bits per heavy atom. The molecule has 1 atom stereocenters. The van der Waals surface area contributed by atoms with Crippen LogP contribution < -0.4 is 11.5 Å². The summed E-state index contributed by atoms with van der Waals surface area (Å²) < 4.78 is 0. The van der Waals surface area contributed by atoms with Crippen molar-refractivity contribution >= 4 is 5.91 Å². The molecule has 0 aliphatic carbocycles. The van der Waals surface area contributed by atoms with Crippen LogP contribution in [0.2, 0.25) is 0 Å². The lowest BCUT2D eigenvalue weighted by Crippen LogP contribution is -2.41. The van der Waals surface area contributed by atoms with Crippen LogP contribution in [0.25, 0.3) is 0 Å². The van der Waals surface area contributed by atoms with Gasteiger partial charge in [-0.2, -0.15) is 0 Å². The molecule has 0 spiro atoms. The van der Waals surface area contributed by atoms with Crippen LogP contribution in [0.5, 0.6) is 0 Å². The topological polar surface area (TPSA) is 72.4 Å². The Kier molecular flexibility index (Phi) is 2.24. The van der Waals surface area contributed by atoms with Crippen molar-refractivity contribution in [3.05, 3.63) is 0 Å². The fourth-order valence-electron chi connectivity index (χ4n) is 1.25. The maximum atomic E-state index is 10.4. The van der Waals surface area contributed by atoms with E-state index in [1.165, 1.54) is 0 Å². The number of rotatable bonds is 2. The number of hydrogen-bond donors (Lipinski definition) is 2. The first kappa shape index (κ1) is 7.50. The molecule has 1 heterocycles. The monoisotopic (exact) mass is 143 g/mol. The minimum absolute atomic E-state index is 0.0486. The van der Waals surface area contributed by atoms with E-state index in [1.807, 2.05) is 4.90 Å². The van der Waals surface area contributed by atoms with Crippen molar-refractivity contribution in [2.45, 2.75) is 19.0 Å². The number of nitrogens with two attached hydrogens (primary N) is 2. The third-order valence-corrected chi connectivity index (χ3v) is 1.77. The Morgan fingerprint density at radius 3 is 2.80 bits per heavy atom. The van der Waals surface area contributed by atoms with Gasteiger partial charge in [0.05, 0.1) is 12.7 Å². The molecule has 0 aromatic heterocycles. The first-order chi connectivity index (χ1) is 4.70. The van der Waals surface area contributed by atoms with Crippen molar-refractivity contribution in [1.82, 2.24) is 4.90 Å². The summed E-state index contributed by atoms with van der Waals surface area (Å²) in [6, 6.07) is 0. The van der Waals surface area contributed by atoms with E-state index in [1.54, 1.807) is 0 Å². The first-order valence-electron chi connectivity index (χ1n) is 3.48. The van der Waals surface area contributed by atoms with Crippen LogP contribution in [0.4, 0.5) is 0 Å². The molecule has 58 valence electrons. The van der Waals surface area contributed by atoms with Gasteiger partial charge >= 0.3 is 0 Å². The highest BCUT2D eigenvalue weighted by atomic mass is 16.1. The van der Waals surface area contributed by atoms with Gasteiger partial charge in [0, 0.05) is 6.54 Å². The number of primary amides is 1. The zero-order chi connectivity index (χ0) is 7.56. The number of likely N-dealkylation sites (tertiary alicyclic amines) is 1. The molecule has 1 saturated heterocycles. The Balaban J connectivity index is 2.33. The molecule has 1 aliphatic heterocycles. The summed E-state index contributed by atoms with van der Waals surface area (Å²) in [6.07, 6.45) is 2.11. The van der Waals surface area contributed by atoms with E-state index < -0.39 is 0 Å². The van der Waals surface area contributed by atoms with Gasteiger partial charge in [-0.1, -0.05) is 0 Å². The third kappa shape index (κ3) is 1.68. The summed E-state index contributed by atoms with van der Waals surface area (Å²) in [5.74, 6) is -0.294. The van der Waals surface area contributed by atoms with E-state index in [0.717, 1.165) is 19.4 Å². The SMILES string of the molecule is NC(=O)CN1CCCC1N. The number of nitrogens with zero attached hydrogens (tertiary/aromatic N) is 1. The summed E-state index contributed by atoms with van der Waals surface area (Å²) in [7, 11) is 0. The summed E-state index contributed by atoms with van der Waals surface area (Å²) in [5.41, 5.74) is 10.6. The smallest absolute Gasteiger partial charge is 0.231 e. The van der Waals surface area contributed by atoms with E-state index in [0.29, 0.717) is 6.54 Å². The largest absolute Gasteiger partial charge is 0.369 e. The van der Waals surface area contributed by atoms with Crippen molar-refractivity contribution in [2.75, 3.05) is 13.1 Å². The zero-order valence-electron chi connectivity index (χ0n) is 5.92. The summed E-state index contributed by atoms with van der Waals surface area (Å²) in [4.78, 5) is 12.3. The van der Waals surface area contributed by atoms with Gasteiger partial charge in [-0.15, -0.1) is 0 Å². The molecule has 0 radical (unpaired) electrons. The van der Waals surface area contributed by atoms with E-state index in [-0.39, 0.29) is 12.1 Å².